The van der Waals surface area contributed by atoms with Crippen molar-refractivity contribution in [2.24, 2.45) is 10.9 Å². The summed E-state index contributed by atoms with van der Waals surface area (Å²) in [6, 6.07) is 18.3. The molecule has 0 radical (unpaired) electrons. The van der Waals surface area contributed by atoms with Crippen molar-refractivity contribution in [2.75, 3.05) is 0 Å². The number of hydrogen-bond donors (Lipinski definition) is 1. The number of carbonyl (C=O) groups excluding carboxylic acids is 1. The second-order valence-corrected chi connectivity index (χ2v) is 7.92. The molecule has 1 N–H and O–H groups in total. The summed E-state index contributed by atoms with van der Waals surface area (Å²) < 4.78 is 5.54. The molecule has 144 valence electrons. The Bertz CT molecular complexity index is 720. The maximum atomic E-state index is 12.8. The second-order valence-electron chi connectivity index (χ2n) is 7.92. The Hall–Kier alpha value is -2.46. The van der Waals surface area contributed by atoms with Gasteiger partial charge in [0, 0.05) is 11.1 Å². The molecular formula is C23H29NO3. The van der Waals surface area contributed by atoms with Crippen molar-refractivity contribution in [3.63, 3.8) is 0 Å². The van der Waals surface area contributed by atoms with Gasteiger partial charge in [0.1, 0.15) is 5.60 Å². The Morgan fingerprint density at radius 2 is 1.37 bits per heavy atom. The zero-order valence-electron chi connectivity index (χ0n) is 16.7. The van der Waals surface area contributed by atoms with Crippen LogP contribution >= 0.6 is 0 Å². The number of carbonyl (C=O) groups is 1. The minimum absolute atomic E-state index is 0.140. The lowest BCUT2D eigenvalue weighted by molar-refractivity contribution is -0.159. The van der Waals surface area contributed by atoms with Gasteiger partial charge in [0.25, 0.3) is 0 Å². The second kappa shape index (κ2) is 8.96. The summed E-state index contributed by atoms with van der Waals surface area (Å²) in [5.41, 5.74) is 1.77. The largest absolute Gasteiger partial charge is 0.458 e. The van der Waals surface area contributed by atoms with Gasteiger partial charge in [0.05, 0.1) is 11.8 Å². The van der Waals surface area contributed by atoms with E-state index in [0.717, 1.165) is 11.1 Å². The quantitative estimate of drug-likeness (QED) is 0.613. The zero-order chi connectivity index (χ0) is 20.0. The highest BCUT2D eigenvalue weighted by molar-refractivity contribution is 6.13. The van der Waals surface area contributed by atoms with Crippen LogP contribution in [-0.2, 0) is 9.53 Å². The van der Waals surface area contributed by atoms with Crippen molar-refractivity contribution in [3.8, 4) is 0 Å². The van der Waals surface area contributed by atoms with Crippen LogP contribution in [0.4, 0.5) is 0 Å². The molecule has 4 heteroatoms. The van der Waals surface area contributed by atoms with Gasteiger partial charge in [-0.3, -0.25) is 4.99 Å². The van der Waals surface area contributed by atoms with Crippen molar-refractivity contribution in [3.05, 3.63) is 71.8 Å². The van der Waals surface area contributed by atoms with Gasteiger partial charge in [-0.25, -0.2) is 4.79 Å². The first kappa shape index (κ1) is 20.8. The number of aliphatic hydroxyl groups is 1. The number of hydrogen-bond acceptors (Lipinski definition) is 4. The Morgan fingerprint density at radius 3 is 1.74 bits per heavy atom. The van der Waals surface area contributed by atoms with Crippen molar-refractivity contribution in [2.45, 2.75) is 52.4 Å². The van der Waals surface area contributed by atoms with Gasteiger partial charge >= 0.3 is 5.97 Å². The molecule has 0 aromatic heterocycles. The minimum Gasteiger partial charge on any atom is -0.458 e. The third kappa shape index (κ3) is 6.04. The molecule has 0 unspecified atom stereocenters. The third-order valence-corrected chi connectivity index (χ3v) is 4.02. The molecule has 2 rings (SSSR count). The molecule has 2 aromatic rings. The fraction of sp³-hybridized carbons (Fsp3) is 0.391. The summed E-state index contributed by atoms with van der Waals surface area (Å²) in [6.07, 6.45) is -0.942. The number of aliphatic imine (C=N–C) groups is 1. The number of rotatable bonds is 6. The Morgan fingerprint density at radius 1 is 0.926 bits per heavy atom. The van der Waals surface area contributed by atoms with Crippen LogP contribution < -0.4 is 0 Å². The molecule has 0 amide bonds. The fourth-order valence-corrected chi connectivity index (χ4v) is 2.64. The molecule has 0 fully saturated rings. The smallest absolute Gasteiger partial charge is 0.334 e. The van der Waals surface area contributed by atoms with E-state index >= 15 is 0 Å². The predicted molar refractivity (Wildman–Crippen MR) is 109 cm³/mol. The van der Waals surface area contributed by atoms with Gasteiger partial charge in [0.15, 0.2) is 6.04 Å². The van der Waals surface area contributed by atoms with E-state index in [1.807, 2.05) is 95.3 Å². The van der Waals surface area contributed by atoms with Crippen LogP contribution in [0.3, 0.4) is 0 Å². The molecule has 0 bridgehead atoms. The van der Waals surface area contributed by atoms with E-state index in [1.54, 1.807) is 0 Å². The first-order valence-corrected chi connectivity index (χ1v) is 9.28. The summed E-state index contributed by atoms with van der Waals surface area (Å²) in [6.45, 7) is 9.15. The average molecular weight is 367 g/mol. The molecule has 0 saturated heterocycles. The maximum Gasteiger partial charge on any atom is 0.334 e. The van der Waals surface area contributed by atoms with Crippen LogP contribution in [0.5, 0.6) is 0 Å². The normalized spacial score (nSPS) is 13.7. The maximum absolute atomic E-state index is 12.8. The highest BCUT2D eigenvalue weighted by Crippen LogP contribution is 2.19. The Labute approximate surface area is 161 Å². The number of nitrogens with zero attached hydrogens (tertiary/aromatic N) is 1. The van der Waals surface area contributed by atoms with Crippen LogP contribution in [0.1, 0.15) is 45.7 Å². The number of aliphatic hydroxyl groups excluding tert-OH is 1. The van der Waals surface area contributed by atoms with E-state index in [4.69, 9.17) is 9.73 Å². The highest BCUT2D eigenvalue weighted by Gasteiger charge is 2.33. The van der Waals surface area contributed by atoms with E-state index in [1.165, 1.54) is 0 Å². The lowest BCUT2D eigenvalue weighted by atomic mass is 9.97. The van der Waals surface area contributed by atoms with Gasteiger partial charge in [-0.1, -0.05) is 74.5 Å². The van der Waals surface area contributed by atoms with Crippen molar-refractivity contribution in [1.29, 1.82) is 0 Å². The highest BCUT2D eigenvalue weighted by atomic mass is 16.6. The standard InChI is InChI=1S/C23H29NO3/c1-16(2)21(25)20(22(26)27-23(3,4)5)24-19(17-12-8-6-9-13-17)18-14-10-7-11-15-18/h6-16,20-21,25H,1-5H3/t20-,21-/m0/s1. The molecule has 4 nitrogen and oxygen atoms in total. The zero-order valence-corrected chi connectivity index (χ0v) is 16.7. The molecule has 0 aliphatic rings. The molecule has 27 heavy (non-hydrogen) atoms. The summed E-state index contributed by atoms with van der Waals surface area (Å²) >= 11 is 0. The van der Waals surface area contributed by atoms with E-state index in [0.29, 0.717) is 5.71 Å². The van der Waals surface area contributed by atoms with E-state index in [9.17, 15) is 9.90 Å². The Balaban J connectivity index is 2.55. The van der Waals surface area contributed by atoms with Gasteiger partial charge < -0.3 is 9.84 Å². The van der Waals surface area contributed by atoms with Crippen LogP contribution in [-0.4, -0.2) is 34.5 Å². The predicted octanol–water partition coefficient (Wildman–Crippen LogP) is 4.25. The fourth-order valence-electron chi connectivity index (χ4n) is 2.64. The SMILES string of the molecule is CC(C)[C@H](O)[C@H](N=C(c1ccccc1)c1ccccc1)C(=O)OC(C)(C)C. The lowest BCUT2D eigenvalue weighted by Gasteiger charge is -2.27. The van der Waals surface area contributed by atoms with E-state index in [-0.39, 0.29) is 5.92 Å². The van der Waals surface area contributed by atoms with Crippen LogP contribution in [0, 0.1) is 5.92 Å². The number of esters is 1. The summed E-state index contributed by atoms with van der Waals surface area (Å²) in [7, 11) is 0. The van der Waals surface area contributed by atoms with Crippen molar-refractivity contribution in [1.82, 2.24) is 0 Å². The molecule has 0 aliphatic carbocycles. The Kier molecular flexibility index (Phi) is 6.92. The van der Waals surface area contributed by atoms with E-state index < -0.39 is 23.7 Å². The van der Waals surface area contributed by atoms with Crippen LogP contribution in [0.15, 0.2) is 65.7 Å². The number of benzene rings is 2. The summed E-state index contributed by atoms with van der Waals surface area (Å²) in [5, 5.41) is 10.7. The molecule has 0 saturated carbocycles. The lowest BCUT2D eigenvalue weighted by Crippen LogP contribution is -2.41. The van der Waals surface area contributed by atoms with Gasteiger partial charge in [0.2, 0.25) is 0 Å². The topological polar surface area (TPSA) is 58.9 Å². The molecule has 2 aromatic carbocycles. The number of ether oxygens (including phenoxy) is 1. The van der Waals surface area contributed by atoms with Gasteiger partial charge in [-0.2, -0.15) is 0 Å². The van der Waals surface area contributed by atoms with Crippen molar-refractivity contribution >= 4 is 11.7 Å². The van der Waals surface area contributed by atoms with Gasteiger partial charge in [-0.05, 0) is 26.7 Å². The first-order valence-electron chi connectivity index (χ1n) is 9.28. The molecule has 0 heterocycles. The third-order valence-electron chi connectivity index (χ3n) is 4.02. The van der Waals surface area contributed by atoms with Crippen LogP contribution in [0.25, 0.3) is 0 Å². The first-order chi connectivity index (χ1) is 12.7. The van der Waals surface area contributed by atoms with Crippen LogP contribution in [0.2, 0.25) is 0 Å². The van der Waals surface area contributed by atoms with E-state index in [2.05, 4.69) is 0 Å². The molecule has 0 spiro atoms. The van der Waals surface area contributed by atoms with Crippen molar-refractivity contribution < 1.29 is 14.6 Å². The summed E-state index contributed by atoms with van der Waals surface area (Å²) in [4.78, 5) is 17.5. The molecular weight excluding hydrogens is 338 g/mol. The summed E-state index contributed by atoms with van der Waals surface area (Å²) in [5.74, 6) is -0.660. The average Bonchev–Trinajstić information content (AvgIpc) is 2.62. The van der Waals surface area contributed by atoms with Gasteiger partial charge in [-0.15, -0.1) is 0 Å². The minimum atomic E-state index is -1.00. The molecule has 2 atom stereocenters. The molecule has 0 aliphatic heterocycles. The monoisotopic (exact) mass is 367 g/mol.